The van der Waals surface area contributed by atoms with E-state index in [1.807, 2.05) is 0 Å². The van der Waals surface area contributed by atoms with Crippen molar-refractivity contribution in [1.82, 2.24) is 10.2 Å². The molecule has 2 N–H and O–H groups in total. The second-order valence-electron chi connectivity index (χ2n) is 5.37. The van der Waals surface area contributed by atoms with Crippen LogP contribution >= 0.6 is 0 Å². The molecule has 0 spiro atoms. The second-order valence-corrected chi connectivity index (χ2v) is 5.37. The summed E-state index contributed by atoms with van der Waals surface area (Å²) in [6.07, 6.45) is 4.84. The predicted molar refractivity (Wildman–Crippen MR) is 73.2 cm³/mol. The van der Waals surface area contributed by atoms with Gasteiger partial charge in [0, 0.05) is 25.7 Å². The summed E-state index contributed by atoms with van der Waals surface area (Å²) in [4.78, 5) is 2.39. The number of hydrogen-bond acceptors (Lipinski definition) is 3. The zero-order valence-corrected chi connectivity index (χ0v) is 11.8. The van der Waals surface area contributed by atoms with E-state index in [2.05, 4.69) is 31.0 Å². The van der Waals surface area contributed by atoms with Crippen LogP contribution in [0.1, 0.15) is 46.5 Å². The van der Waals surface area contributed by atoms with Gasteiger partial charge >= 0.3 is 0 Å². The van der Waals surface area contributed by atoms with E-state index in [0.29, 0.717) is 6.04 Å². The molecule has 1 aliphatic rings. The summed E-state index contributed by atoms with van der Waals surface area (Å²) in [5.74, 6) is 0.776. The van der Waals surface area contributed by atoms with Crippen molar-refractivity contribution in [3.63, 3.8) is 0 Å². The van der Waals surface area contributed by atoms with Crippen LogP contribution < -0.4 is 5.32 Å². The van der Waals surface area contributed by atoms with Crippen LogP contribution in [0.3, 0.4) is 0 Å². The fourth-order valence-corrected chi connectivity index (χ4v) is 2.20. The van der Waals surface area contributed by atoms with Crippen LogP contribution in [0, 0.1) is 5.92 Å². The Morgan fingerprint density at radius 3 is 2.29 bits per heavy atom. The lowest BCUT2D eigenvalue weighted by Gasteiger charge is -2.27. The summed E-state index contributed by atoms with van der Waals surface area (Å²) in [6, 6.07) is 0.693. The SMILES string of the molecule is CCC(CC)CN(CC)CC(O)CNC1CC1. The molecule has 1 unspecified atom stereocenters. The molecule has 1 aliphatic carbocycles. The van der Waals surface area contributed by atoms with Gasteiger partial charge < -0.3 is 15.3 Å². The predicted octanol–water partition coefficient (Wildman–Crippen LogP) is 1.86. The third-order valence-corrected chi connectivity index (χ3v) is 3.81. The third-order valence-electron chi connectivity index (χ3n) is 3.81. The van der Waals surface area contributed by atoms with Crippen LogP contribution in [0.5, 0.6) is 0 Å². The molecule has 0 radical (unpaired) electrons. The smallest absolute Gasteiger partial charge is 0.0791 e. The number of aliphatic hydroxyl groups is 1. The highest BCUT2D eigenvalue weighted by molar-refractivity contribution is 4.82. The summed E-state index contributed by atoms with van der Waals surface area (Å²) in [5.41, 5.74) is 0. The van der Waals surface area contributed by atoms with Gasteiger partial charge in [0.1, 0.15) is 0 Å². The zero-order chi connectivity index (χ0) is 12.7. The molecule has 3 heteroatoms. The van der Waals surface area contributed by atoms with Gasteiger partial charge in [0.2, 0.25) is 0 Å². The Hall–Kier alpha value is -0.120. The summed E-state index contributed by atoms with van der Waals surface area (Å²) in [5, 5.41) is 13.4. The molecule has 0 aromatic carbocycles. The largest absolute Gasteiger partial charge is 0.390 e. The van der Waals surface area contributed by atoms with Crippen LogP contribution in [0.4, 0.5) is 0 Å². The van der Waals surface area contributed by atoms with Crippen molar-refractivity contribution < 1.29 is 5.11 Å². The fourth-order valence-electron chi connectivity index (χ4n) is 2.20. The summed E-state index contributed by atoms with van der Waals surface area (Å²) in [6.45, 7) is 10.4. The first-order valence-electron chi connectivity index (χ1n) is 7.33. The van der Waals surface area contributed by atoms with Gasteiger partial charge in [0.15, 0.2) is 0 Å². The molecule has 0 aromatic heterocycles. The van der Waals surface area contributed by atoms with Gasteiger partial charge in [0.25, 0.3) is 0 Å². The van der Waals surface area contributed by atoms with Crippen molar-refractivity contribution in [1.29, 1.82) is 0 Å². The first-order chi connectivity index (χ1) is 8.19. The highest BCUT2D eigenvalue weighted by atomic mass is 16.3. The lowest BCUT2D eigenvalue weighted by atomic mass is 10.0. The van der Waals surface area contributed by atoms with Gasteiger partial charge in [-0.3, -0.25) is 0 Å². The molecule has 0 bridgehead atoms. The van der Waals surface area contributed by atoms with Gasteiger partial charge in [-0.15, -0.1) is 0 Å². The summed E-state index contributed by atoms with van der Waals surface area (Å²) in [7, 11) is 0. The lowest BCUT2D eigenvalue weighted by molar-refractivity contribution is 0.103. The maximum absolute atomic E-state index is 9.98. The van der Waals surface area contributed by atoms with Crippen molar-refractivity contribution in [2.24, 2.45) is 5.92 Å². The van der Waals surface area contributed by atoms with E-state index >= 15 is 0 Å². The van der Waals surface area contributed by atoms with E-state index in [1.54, 1.807) is 0 Å². The molecule has 0 heterocycles. The number of likely N-dealkylation sites (N-methyl/N-ethyl adjacent to an activating group) is 1. The van der Waals surface area contributed by atoms with Crippen LogP contribution in [0.15, 0.2) is 0 Å². The molecule has 1 saturated carbocycles. The normalized spacial score (nSPS) is 18.0. The Morgan fingerprint density at radius 1 is 1.18 bits per heavy atom. The molecule has 0 amide bonds. The number of rotatable bonds is 10. The molecule has 1 atom stereocenters. The number of nitrogens with zero attached hydrogens (tertiary/aromatic N) is 1. The van der Waals surface area contributed by atoms with Gasteiger partial charge in [-0.1, -0.05) is 33.6 Å². The average molecular weight is 242 g/mol. The minimum absolute atomic E-state index is 0.218. The van der Waals surface area contributed by atoms with E-state index in [0.717, 1.165) is 32.1 Å². The first-order valence-corrected chi connectivity index (χ1v) is 7.33. The Balaban J connectivity index is 2.18. The van der Waals surface area contributed by atoms with Crippen molar-refractivity contribution in [2.75, 3.05) is 26.2 Å². The maximum Gasteiger partial charge on any atom is 0.0791 e. The molecule has 1 rings (SSSR count). The first kappa shape index (κ1) is 14.9. The molecule has 3 nitrogen and oxygen atoms in total. The molecule has 17 heavy (non-hydrogen) atoms. The van der Waals surface area contributed by atoms with Gasteiger partial charge in [-0.2, -0.15) is 0 Å². The minimum atomic E-state index is -0.218. The van der Waals surface area contributed by atoms with E-state index in [-0.39, 0.29) is 6.10 Å². The van der Waals surface area contributed by atoms with E-state index in [9.17, 15) is 5.11 Å². The van der Waals surface area contributed by atoms with Crippen molar-refractivity contribution in [3.8, 4) is 0 Å². The fraction of sp³-hybridized carbons (Fsp3) is 1.00. The highest BCUT2D eigenvalue weighted by Gasteiger charge is 2.22. The van der Waals surface area contributed by atoms with Crippen molar-refractivity contribution in [2.45, 2.75) is 58.6 Å². The molecule has 102 valence electrons. The van der Waals surface area contributed by atoms with Crippen molar-refractivity contribution >= 4 is 0 Å². The molecule has 0 saturated heterocycles. The van der Waals surface area contributed by atoms with E-state index in [4.69, 9.17) is 0 Å². The zero-order valence-electron chi connectivity index (χ0n) is 11.8. The lowest BCUT2D eigenvalue weighted by Crippen LogP contribution is -2.40. The highest BCUT2D eigenvalue weighted by Crippen LogP contribution is 2.18. The van der Waals surface area contributed by atoms with Crippen LogP contribution in [-0.2, 0) is 0 Å². The van der Waals surface area contributed by atoms with Gasteiger partial charge in [0.05, 0.1) is 6.10 Å². The Bertz CT molecular complexity index is 191. The molecular formula is C14H30N2O. The number of nitrogens with one attached hydrogen (secondary N) is 1. The Kier molecular flexibility index (Phi) is 7.09. The summed E-state index contributed by atoms with van der Waals surface area (Å²) < 4.78 is 0. The second kappa shape index (κ2) is 8.06. The Morgan fingerprint density at radius 2 is 1.82 bits per heavy atom. The van der Waals surface area contributed by atoms with Crippen molar-refractivity contribution in [3.05, 3.63) is 0 Å². The molecule has 0 aromatic rings. The number of aliphatic hydroxyl groups excluding tert-OH is 1. The maximum atomic E-state index is 9.98. The summed E-state index contributed by atoms with van der Waals surface area (Å²) >= 11 is 0. The monoisotopic (exact) mass is 242 g/mol. The van der Waals surface area contributed by atoms with Crippen LogP contribution in [0.25, 0.3) is 0 Å². The van der Waals surface area contributed by atoms with Crippen LogP contribution in [0.2, 0.25) is 0 Å². The number of hydrogen-bond donors (Lipinski definition) is 2. The molecule has 1 fully saturated rings. The Labute approximate surface area is 107 Å². The van der Waals surface area contributed by atoms with Gasteiger partial charge in [-0.05, 0) is 25.3 Å². The average Bonchev–Trinajstić information content (AvgIpc) is 3.15. The van der Waals surface area contributed by atoms with Gasteiger partial charge in [-0.25, -0.2) is 0 Å². The van der Waals surface area contributed by atoms with Crippen LogP contribution in [-0.4, -0.2) is 48.3 Å². The topological polar surface area (TPSA) is 35.5 Å². The quantitative estimate of drug-likeness (QED) is 0.614. The molecular weight excluding hydrogens is 212 g/mol. The van der Waals surface area contributed by atoms with E-state index < -0.39 is 0 Å². The standard InChI is InChI=1S/C14H30N2O/c1-4-12(5-2)10-16(6-3)11-14(17)9-15-13-7-8-13/h12-15,17H,4-11H2,1-3H3. The molecule has 0 aliphatic heterocycles. The minimum Gasteiger partial charge on any atom is -0.390 e. The van der Waals surface area contributed by atoms with E-state index in [1.165, 1.54) is 25.7 Å². The third kappa shape index (κ3) is 6.39.